The fourth-order valence-corrected chi connectivity index (χ4v) is 3.35. The van der Waals surface area contributed by atoms with Gasteiger partial charge in [0.2, 0.25) is 11.8 Å². The van der Waals surface area contributed by atoms with E-state index in [1.807, 2.05) is 36.4 Å². The second-order valence-electron chi connectivity index (χ2n) is 7.11. The van der Waals surface area contributed by atoms with Gasteiger partial charge in [0.1, 0.15) is 5.75 Å². The third-order valence-electron chi connectivity index (χ3n) is 5.05. The standard InChI is InChI=1S/C22H21N5O4/c28-22(16-17-6-8-18(9-7-17)27(29)30)26-14-12-25(13-15-26)20-10-11-21(24-23-20)31-19-4-2-1-3-5-19/h1-11H,12-16H2. The molecule has 31 heavy (non-hydrogen) atoms. The van der Waals surface area contributed by atoms with E-state index < -0.39 is 4.92 Å². The molecule has 2 heterocycles. The van der Waals surface area contributed by atoms with Crippen LogP contribution in [0.4, 0.5) is 11.5 Å². The van der Waals surface area contributed by atoms with Gasteiger partial charge in [-0.1, -0.05) is 30.3 Å². The maximum Gasteiger partial charge on any atom is 0.269 e. The summed E-state index contributed by atoms with van der Waals surface area (Å²) in [6.07, 6.45) is 0.226. The number of ether oxygens (including phenoxy) is 1. The normalized spacial score (nSPS) is 13.7. The Bertz CT molecular complexity index is 1030. The fraction of sp³-hybridized carbons (Fsp3) is 0.227. The molecular weight excluding hydrogens is 398 g/mol. The number of amides is 1. The summed E-state index contributed by atoms with van der Waals surface area (Å²) >= 11 is 0. The number of para-hydroxylation sites is 1. The van der Waals surface area contributed by atoms with Crippen LogP contribution in [0.2, 0.25) is 0 Å². The third kappa shape index (κ3) is 5.13. The number of hydrogen-bond donors (Lipinski definition) is 0. The van der Waals surface area contributed by atoms with Crippen molar-refractivity contribution in [2.75, 3.05) is 31.1 Å². The molecule has 1 aliphatic heterocycles. The van der Waals surface area contributed by atoms with Crippen molar-refractivity contribution in [3.8, 4) is 11.6 Å². The zero-order chi connectivity index (χ0) is 21.6. The Kier molecular flexibility index (Phi) is 6.02. The molecule has 0 saturated carbocycles. The molecule has 0 radical (unpaired) electrons. The summed E-state index contributed by atoms with van der Waals surface area (Å²) in [6.45, 7) is 2.46. The number of nitro groups is 1. The molecule has 158 valence electrons. The Morgan fingerprint density at radius 2 is 1.65 bits per heavy atom. The second kappa shape index (κ2) is 9.21. The number of benzene rings is 2. The highest BCUT2D eigenvalue weighted by Gasteiger charge is 2.22. The minimum absolute atomic E-state index is 0.00574. The van der Waals surface area contributed by atoms with Crippen LogP contribution >= 0.6 is 0 Å². The molecule has 1 aliphatic rings. The first-order chi connectivity index (χ1) is 15.1. The SMILES string of the molecule is O=C(Cc1ccc([N+](=O)[O-])cc1)N1CCN(c2ccc(Oc3ccccc3)nn2)CC1. The molecule has 0 atom stereocenters. The van der Waals surface area contributed by atoms with E-state index in [-0.39, 0.29) is 18.0 Å². The van der Waals surface area contributed by atoms with Crippen LogP contribution in [0.25, 0.3) is 0 Å². The fourth-order valence-electron chi connectivity index (χ4n) is 3.35. The smallest absolute Gasteiger partial charge is 0.269 e. The van der Waals surface area contributed by atoms with E-state index in [9.17, 15) is 14.9 Å². The predicted molar refractivity (Wildman–Crippen MR) is 114 cm³/mol. The van der Waals surface area contributed by atoms with Crippen LogP contribution in [0.15, 0.2) is 66.7 Å². The first-order valence-electron chi connectivity index (χ1n) is 9.91. The van der Waals surface area contributed by atoms with Gasteiger partial charge in [-0.05, 0) is 23.8 Å². The molecule has 3 aromatic rings. The zero-order valence-electron chi connectivity index (χ0n) is 16.8. The molecule has 2 aromatic carbocycles. The lowest BCUT2D eigenvalue weighted by molar-refractivity contribution is -0.384. The number of hydrogen-bond acceptors (Lipinski definition) is 7. The minimum Gasteiger partial charge on any atom is -0.438 e. The molecule has 0 bridgehead atoms. The van der Waals surface area contributed by atoms with Gasteiger partial charge in [0.15, 0.2) is 5.82 Å². The van der Waals surface area contributed by atoms with Crippen molar-refractivity contribution < 1.29 is 14.5 Å². The van der Waals surface area contributed by atoms with Crippen molar-refractivity contribution in [1.29, 1.82) is 0 Å². The maximum atomic E-state index is 12.6. The van der Waals surface area contributed by atoms with Gasteiger partial charge in [-0.25, -0.2) is 0 Å². The number of piperazine rings is 1. The molecule has 0 spiro atoms. The summed E-state index contributed by atoms with van der Waals surface area (Å²) in [6, 6.07) is 19.1. The molecule has 0 unspecified atom stereocenters. The van der Waals surface area contributed by atoms with Crippen molar-refractivity contribution in [2.45, 2.75) is 6.42 Å². The molecule has 1 fully saturated rings. The molecule has 9 heteroatoms. The Morgan fingerprint density at radius 1 is 0.935 bits per heavy atom. The Labute approximate surface area is 179 Å². The van der Waals surface area contributed by atoms with Crippen LogP contribution in [0.5, 0.6) is 11.6 Å². The van der Waals surface area contributed by atoms with Gasteiger partial charge in [0, 0.05) is 44.4 Å². The van der Waals surface area contributed by atoms with Gasteiger partial charge in [-0.15, -0.1) is 10.2 Å². The summed E-state index contributed by atoms with van der Waals surface area (Å²) in [4.78, 5) is 26.7. The van der Waals surface area contributed by atoms with Crippen LogP contribution < -0.4 is 9.64 Å². The van der Waals surface area contributed by atoms with Crippen molar-refractivity contribution in [3.63, 3.8) is 0 Å². The van der Waals surface area contributed by atoms with Crippen molar-refractivity contribution in [1.82, 2.24) is 15.1 Å². The summed E-state index contributed by atoms with van der Waals surface area (Å²) in [5.41, 5.74) is 0.781. The van der Waals surface area contributed by atoms with Gasteiger partial charge in [0.25, 0.3) is 5.69 Å². The van der Waals surface area contributed by atoms with Crippen molar-refractivity contribution >= 4 is 17.4 Å². The first-order valence-corrected chi connectivity index (χ1v) is 9.91. The topological polar surface area (TPSA) is 102 Å². The number of anilines is 1. The lowest BCUT2D eigenvalue weighted by Gasteiger charge is -2.35. The number of carbonyl (C=O) groups is 1. The van der Waals surface area contributed by atoms with E-state index in [0.29, 0.717) is 37.8 Å². The third-order valence-corrected chi connectivity index (χ3v) is 5.05. The van der Waals surface area contributed by atoms with Crippen LogP contribution in [-0.4, -0.2) is 52.1 Å². The second-order valence-corrected chi connectivity index (χ2v) is 7.11. The van der Waals surface area contributed by atoms with Crippen molar-refractivity contribution in [2.24, 2.45) is 0 Å². The molecule has 1 aromatic heterocycles. The summed E-state index contributed by atoms with van der Waals surface area (Å²) in [7, 11) is 0. The van der Waals surface area contributed by atoms with Gasteiger partial charge in [-0.2, -0.15) is 0 Å². The first kappa shape index (κ1) is 20.3. The number of nitro benzene ring substituents is 1. The molecule has 9 nitrogen and oxygen atoms in total. The predicted octanol–water partition coefficient (Wildman–Crippen LogP) is 3.07. The lowest BCUT2D eigenvalue weighted by Crippen LogP contribution is -2.49. The maximum absolute atomic E-state index is 12.6. The highest BCUT2D eigenvalue weighted by atomic mass is 16.6. The number of non-ortho nitro benzene ring substituents is 1. The van der Waals surface area contributed by atoms with Gasteiger partial charge in [0.05, 0.1) is 11.3 Å². The van der Waals surface area contributed by atoms with Crippen LogP contribution in [0, 0.1) is 10.1 Å². The number of aromatic nitrogens is 2. The van der Waals surface area contributed by atoms with Crippen LogP contribution in [0.3, 0.4) is 0 Å². The molecule has 0 aliphatic carbocycles. The number of nitrogens with zero attached hydrogens (tertiary/aromatic N) is 5. The summed E-state index contributed by atoms with van der Waals surface area (Å²) < 4.78 is 5.66. The average molecular weight is 419 g/mol. The Hall–Kier alpha value is -4.01. The van der Waals surface area contributed by atoms with Crippen molar-refractivity contribution in [3.05, 3.63) is 82.4 Å². The summed E-state index contributed by atoms with van der Waals surface area (Å²) in [5.74, 6) is 1.87. The quantitative estimate of drug-likeness (QED) is 0.447. The van der Waals surface area contributed by atoms with Gasteiger partial charge >= 0.3 is 0 Å². The summed E-state index contributed by atoms with van der Waals surface area (Å²) in [5, 5.41) is 19.1. The molecule has 1 saturated heterocycles. The monoisotopic (exact) mass is 419 g/mol. The van der Waals surface area contributed by atoms with E-state index in [4.69, 9.17) is 4.74 Å². The van der Waals surface area contributed by atoms with E-state index >= 15 is 0 Å². The number of rotatable bonds is 6. The van der Waals surface area contributed by atoms with E-state index in [0.717, 1.165) is 11.4 Å². The van der Waals surface area contributed by atoms with Crippen LogP contribution in [0.1, 0.15) is 5.56 Å². The molecule has 1 amide bonds. The number of carbonyl (C=O) groups excluding carboxylic acids is 1. The minimum atomic E-state index is -0.450. The Morgan fingerprint density at radius 3 is 2.26 bits per heavy atom. The highest BCUT2D eigenvalue weighted by Crippen LogP contribution is 2.21. The molecule has 4 rings (SSSR count). The molecule has 0 N–H and O–H groups in total. The van der Waals surface area contributed by atoms with E-state index in [2.05, 4.69) is 15.1 Å². The van der Waals surface area contributed by atoms with E-state index in [1.54, 1.807) is 23.1 Å². The average Bonchev–Trinajstić information content (AvgIpc) is 2.81. The zero-order valence-corrected chi connectivity index (χ0v) is 16.8. The lowest BCUT2D eigenvalue weighted by atomic mass is 10.1. The Balaban J connectivity index is 1.29. The largest absolute Gasteiger partial charge is 0.438 e. The van der Waals surface area contributed by atoms with Gasteiger partial charge in [-0.3, -0.25) is 14.9 Å². The highest BCUT2D eigenvalue weighted by molar-refractivity contribution is 5.79. The van der Waals surface area contributed by atoms with E-state index in [1.165, 1.54) is 12.1 Å². The molecular formula is C22H21N5O4. The van der Waals surface area contributed by atoms with Crippen LogP contribution in [-0.2, 0) is 11.2 Å². The van der Waals surface area contributed by atoms with Gasteiger partial charge < -0.3 is 14.5 Å².